The molecule has 1 saturated heterocycles. The monoisotopic (exact) mass is 341 g/mol. The van der Waals surface area contributed by atoms with Crippen LogP contribution in [-0.2, 0) is 16.6 Å². The minimum atomic E-state index is -0.0573. The van der Waals surface area contributed by atoms with Gasteiger partial charge in [0.05, 0.1) is 6.20 Å². The molecule has 1 aromatic carbocycles. The number of aryl methyl sites for hydroxylation is 1. The Labute approximate surface area is 149 Å². The highest BCUT2D eigenvalue weighted by atomic mass is 16.4. The van der Waals surface area contributed by atoms with Crippen LogP contribution in [0.4, 0.5) is 5.69 Å². The number of nitrogens with one attached hydrogen (secondary N) is 1. The maximum Gasteiger partial charge on any atom is 0.220 e. The fraction of sp³-hybridized carbons (Fsp3) is 0.500. The van der Waals surface area contributed by atoms with Crippen molar-refractivity contribution in [3.8, 4) is 0 Å². The summed E-state index contributed by atoms with van der Waals surface area (Å²) in [6, 6.07) is 10.5. The zero-order chi connectivity index (χ0) is 17.9. The number of carbonyl (C=O) groups excluding carboxylic acids is 1. The molecule has 1 N–H and O–H groups in total. The van der Waals surface area contributed by atoms with Crippen LogP contribution < -0.4 is 10.2 Å². The summed E-state index contributed by atoms with van der Waals surface area (Å²) in [5.74, 6) is 1.56. The number of nitrogens with zero attached hydrogens (tertiary/aromatic N) is 2. The van der Waals surface area contributed by atoms with Crippen LogP contribution >= 0.6 is 0 Å². The lowest BCUT2D eigenvalue weighted by Gasteiger charge is -2.18. The van der Waals surface area contributed by atoms with Gasteiger partial charge in [-0.05, 0) is 18.6 Å². The van der Waals surface area contributed by atoms with E-state index >= 15 is 0 Å². The first kappa shape index (κ1) is 17.5. The van der Waals surface area contributed by atoms with Gasteiger partial charge in [0.15, 0.2) is 5.89 Å². The minimum Gasteiger partial charge on any atom is -0.445 e. The fourth-order valence-corrected chi connectivity index (χ4v) is 3.04. The number of amides is 1. The zero-order valence-corrected chi connectivity index (χ0v) is 15.3. The molecule has 2 heterocycles. The molecule has 1 aromatic heterocycles. The van der Waals surface area contributed by atoms with E-state index in [-0.39, 0.29) is 17.4 Å². The third kappa shape index (κ3) is 4.62. The summed E-state index contributed by atoms with van der Waals surface area (Å²) in [5.41, 5.74) is 1.16. The Morgan fingerprint density at radius 2 is 2.08 bits per heavy atom. The van der Waals surface area contributed by atoms with Gasteiger partial charge in [-0.1, -0.05) is 39.0 Å². The molecule has 0 bridgehead atoms. The molecule has 3 rings (SSSR count). The van der Waals surface area contributed by atoms with Crippen molar-refractivity contribution in [2.24, 2.45) is 0 Å². The van der Waals surface area contributed by atoms with E-state index < -0.39 is 0 Å². The molecule has 1 atom stereocenters. The molecule has 25 heavy (non-hydrogen) atoms. The van der Waals surface area contributed by atoms with Crippen LogP contribution in [0.5, 0.6) is 0 Å². The number of benzene rings is 1. The first-order chi connectivity index (χ1) is 11.9. The van der Waals surface area contributed by atoms with Crippen LogP contribution in [0.3, 0.4) is 0 Å². The topological polar surface area (TPSA) is 58.4 Å². The van der Waals surface area contributed by atoms with Gasteiger partial charge in [-0.3, -0.25) is 4.79 Å². The van der Waals surface area contributed by atoms with E-state index in [0.717, 1.165) is 25.3 Å². The van der Waals surface area contributed by atoms with Gasteiger partial charge in [0, 0.05) is 43.1 Å². The molecule has 5 nitrogen and oxygen atoms in total. The van der Waals surface area contributed by atoms with Crippen molar-refractivity contribution in [2.75, 3.05) is 18.0 Å². The number of oxazole rings is 1. The molecule has 0 spiro atoms. The van der Waals surface area contributed by atoms with Crippen molar-refractivity contribution < 1.29 is 9.21 Å². The average molecular weight is 341 g/mol. The molecule has 1 fully saturated rings. The van der Waals surface area contributed by atoms with Crippen LogP contribution in [0.2, 0.25) is 0 Å². The standard InChI is InChI=1S/C20H27N3O2/c1-20(2,3)17-13-21-19(25-17)10-9-18(24)22-15-11-12-23(14-15)16-7-5-4-6-8-16/h4-8,13,15H,9-12,14H2,1-3H3,(H,22,24)/t15-/m0/s1. The highest BCUT2D eigenvalue weighted by molar-refractivity contribution is 5.76. The van der Waals surface area contributed by atoms with E-state index in [2.05, 4.69) is 48.1 Å². The molecule has 0 unspecified atom stereocenters. The third-order valence-corrected chi connectivity index (χ3v) is 4.53. The predicted octanol–water partition coefficient (Wildman–Crippen LogP) is 3.30. The van der Waals surface area contributed by atoms with E-state index in [0.29, 0.717) is 18.7 Å². The van der Waals surface area contributed by atoms with E-state index in [1.807, 2.05) is 18.2 Å². The van der Waals surface area contributed by atoms with Gasteiger partial charge >= 0.3 is 0 Å². The first-order valence-electron chi connectivity index (χ1n) is 8.96. The molecule has 5 heteroatoms. The highest BCUT2D eigenvalue weighted by Gasteiger charge is 2.24. The second-order valence-electron chi connectivity index (χ2n) is 7.70. The Hall–Kier alpha value is -2.30. The largest absolute Gasteiger partial charge is 0.445 e. The number of rotatable bonds is 5. The smallest absolute Gasteiger partial charge is 0.220 e. The van der Waals surface area contributed by atoms with Crippen molar-refractivity contribution in [3.05, 3.63) is 48.2 Å². The molecule has 0 saturated carbocycles. The maximum absolute atomic E-state index is 12.2. The molecule has 0 aliphatic carbocycles. The lowest BCUT2D eigenvalue weighted by molar-refractivity contribution is -0.121. The number of hydrogen-bond donors (Lipinski definition) is 1. The SMILES string of the molecule is CC(C)(C)c1cnc(CCC(=O)N[C@H]2CCN(c3ccccc3)C2)o1. The normalized spacial score (nSPS) is 17.7. The lowest BCUT2D eigenvalue weighted by Crippen LogP contribution is -2.37. The van der Waals surface area contributed by atoms with Crippen molar-refractivity contribution in [1.29, 1.82) is 0 Å². The summed E-state index contributed by atoms with van der Waals surface area (Å²) < 4.78 is 5.74. The summed E-state index contributed by atoms with van der Waals surface area (Å²) in [5, 5.41) is 3.14. The number of carbonyl (C=O) groups is 1. The van der Waals surface area contributed by atoms with Crippen molar-refractivity contribution in [3.63, 3.8) is 0 Å². The fourth-order valence-electron chi connectivity index (χ4n) is 3.04. The molecule has 2 aromatic rings. The van der Waals surface area contributed by atoms with Gasteiger partial charge in [0.25, 0.3) is 0 Å². The van der Waals surface area contributed by atoms with Gasteiger partial charge in [-0.15, -0.1) is 0 Å². The van der Waals surface area contributed by atoms with Crippen LogP contribution in [0.15, 0.2) is 40.9 Å². The van der Waals surface area contributed by atoms with Gasteiger partial charge in [0.2, 0.25) is 5.91 Å². The Morgan fingerprint density at radius 1 is 1.32 bits per heavy atom. The maximum atomic E-state index is 12.2. The van der Waals surface area contributed by atoms with Crippen molar-refractivity contribution in [1.82, 2.24) is 10.3 Å². The quantitative estimate of drug-likeness (QED) is 0.906. The Kier molecular flexibility index (Phi) is 5.11. The van der Waals surface area contributed by atoms with Crippen LogP contribution in [-0.4, -0.2) is 30.0 Å². The number of hydrogen-bond acceptors (Lipinski definition) is 4. The Morgan fingerprint density at radius 3 is 2.76 bits per heavy atom. The van der Waals surface area contributed by atoms with Gasteiger partial charge in [0.1, 0.15) is 5.76 Å². The number of para-hydroxylation sites is 1. The summed E-state index contributed by atoms with van der Waals surface area (Å²) in [6.07, 6.45) is 3.69. The van der Waals surface area contributed by atoms with Crippen molar-refractivity contribution >= 4 is 11.6 Å². The van der Waals surface area contributed by atoms with E-state index in [4.69, 9.17) is 4.42 Å². The van der Waals surface area contributed by atoms with E-state index in [9.17, 15) is 4.79 Å². The third-order valence-electron chi connectivity index (χ3n) is 4.53. The van der Waals surface area contributed by atoms with Crippen LogP contribution in [0.1, 0.15) is 45.3 Å². The molecular formula is C20H27N3O2. The molecule has 1 amide bonds. The summed E-state index contributed by atoms with van der Waals surface area (Å²) in [6.45, 7) is 8.10. The first-order valence-corrected chi connectivity index (χ1v) is 8.96. The van der Waals surface area contributed by atoms with E-state index in [1.165, 1.54) is 5.69 Å². The van der Waals surface area contributed by atoms with Gasteiger partial charge in [-0.2, -0.15) is 0 Å². The number of aromatic nitrogens is 1. The Bertz CT molecular complexity index is 703. The molecule has 1 aliphatic rings. The molecule has 134 valence electrons. The summed E-state index contributed by atoms with van der Waals surface area (Å²) in [4.78, 5) is 18.8. The number of anilines is 1. The molecule has 0 radical (unpaired) electrons. The Balaban J connectivity index is 1.45. The highest BCUT2D eigenvalue weighted by Crippen LogP contribution is 2.23. The molecular weight excluding hydrogens is 314 g/mol. The van der Waals surface area contributed by atoms with E-state index in [1.54, 1.807) is 6.20 Å². The predicted molar refractivity (Wildman–Crippen MR) is 98.7 cm³/mol. The van der Waals surface area contributed by atoms with Crippen molar-refractivity contribution in [2.45, 2.75) is 51.5 Å². The van der Waals surface area contributed by atoms with Gasteiger partial charge < -0.3 is 14.6 Å². The second-order valence-corrected chi connectivity index (χ2v) is 7.70. The summed E-state index contributed by atoms with van der Waals surface area (Å²) in [7, 11) is 0. The molecule has 1 aliphatic heterocycles. The second kappa shape index (κ2) is 7.30. The van der Waals surface area contributed by atoms with Gasteiger partial charge in [-0.25, -0.2) is 4.98 Å². The van der Waals surface area contributed by atoms with Crippen LogP contribution in [0.25, 0.3) is 0 Å². The lowest BCUT2D eigenvalue weighted by atomic mass is 9.94. The average Bonchev–Trinajstić information content (AvgIpc) is 3.23. The van der Waals surface area contributed by atoms with Crippen LogP contribution in [0, 0.1) is 0 Å². The summed E-state index contributed by atoms with van der Waals surface area (Å²) >= 11 is 0. The minimum absolute atomic E-state index is 0.0573. The zero-order valence-electron chi connectivity index (χ0n) is 15.3.